The van der Waals surface area contributed by atoms with Gasteiger partial charge in [0.2, 0.25) is 0 Å². The van der Waals surface area contributed by atoms with Gasteiger partial charge in [0.25, 0.3) is 11.8 Å². The molecule has 1 saturated carbocycles. The summed E-state index contributed by atoms with van der Waals surface area (Å²) in [6, 6.07) is 11.0. The van der Waals surface area contributed by atoms with Crippen LogP contribution in [0.15, 0.2) is 48.8 Å². The van der Waals surface area contributed by atoms with Crippen LogP contribution in [0, 0.1) is 5.21 Å². The molecule has 3 heterocycles. The number of rotatable bonds is 6. The maximum Gasteiger partial charge on any atom is 0.272 e. The van der Waals surface area contributed by atoms with Gasteiger partial charge in [0, 0.05) is 42.4 Å². The smallest absolute Gasteiger partial charge is 0.272 e. The van der Waals surface area contributed by atoms with E-state index < -0.39 is 0 Å². The topological polar surface area (TPSA) is 103 Å². The molecule has 0 spiro atoms. The number of nitrogens with one attached hydrogen (secondary N) is 1. The van der Waals surface area contributed by atoms with Gasteiger partial charge in [-0.15, -0.1) is 0 Å². The predicted octanol–water partition coefficient (Wildman–Crippen LogP) is 2.44. The highest BCUT2D eigenvalue weighted by molar-refractivity contribution is 5.96. The summed E-state index contributed by atoms with van der Waals surface area (Å²) in [7, 11) is 1.63. The molecule has 1 N–H and O–H groups in total. The molecule has 3 aromatic rings. The SMILES string of the molecule is COc1ccc(Cn2nc(C(=O)NC3CCCC3)c3c2CCN(C(=O)c2cc[n+]([O-])cc2)C3)cc1. The Bertz CT molecular complexity index is 1210. The van der Waals surface area contributed by atoms with E-state index in [1.54, 1.807) is 12.0 Å². The minimum absolute atomic E-state index is 0.165. The Morgan fingerprint density at radius 2 is 1.86 bits per heavy atom. The highest BCUT2D eigenvalue weighted by atomic mass is 16.5. The van der Waals surface area contributed by atoms with Crippen LogP contribution in [0.3, 0.4) is 0 Å². The third-order valence-corrected chi connectivity index (χ3v) is 6.87. The molecule has 1 aliphatic heterocycles. The van der Waals surface area contributed by atoms with Crippen LogP contribution in [0.25, 0.3) is 0 Å². The molecule has 0 radical (unpaired) electrons. The number of methoxy groups -OCH3 is 1. The van der Waals surface area contributed by atoms with E-state index in [0.29, 0.717) is 42.0 Å². The number of hydrogen-bond donors (Lipinski definition) is 1. The number of pyridine rings is 1. The van der Waals surface area contributed by atoms with Gasteiger partial charge in [0.05, 0.1) is 25.8 Å². The second-order valence-electron chi connectivity index (χ2n) is 9.16. The van der Waals surface area contributed by atoms with Gasteiger partial charge in [-0.1, -0.05) is 25.0 Å². The van der Waals surface area contributed by atoms with Crippen molar-refractivity contribution >= 4 is 11.8 Å². The number of nitrogens with zero attached hydrogens (tertiary/aromatic N) is 4. The van der Waals surface area contributed by atoms with Crippen molar-refractivity contribution in [2.24, 2.45) is 0 Å². The summed E-state index contributed by atoms with van der Waals surface area (Å²) in [6.07, 6.45) is 7.44. The third kappa shape index (κ3) is 4.84. The molecule has 0 atom stereocenters. The molecule has 182 valence electrons. The maximum atomic E-state index is 13.3. The number of fused-ring (bicyclic) bond motifs is 1. The van der Waals surface area contributed by atoms with Crippen LogP contribution >= 0.6 is 0 Å². The van der Waals surface area contributed by atoms with E-state index in [9.17, 15) is 14.8 Å². The fourth-order valence-electron chi connectivity index (χ4n) is 4.94. The normalized spacial score (nSPS) is 15.6. The summed E-state index contributed by atoms with van der Waals surface area (Å²) in [5.41, 5.74) is 3.66. The van der Waals surface area contributed by atoms with Crippen molar-refractivity contribution in [1.82, 2.24) is 20.0 Å². The number of carbonyl (C=O) groups excluding carboxylic acids is 2. The standard InChI is InChI=1S/C26H29N5O4/c1-35-21-8-6-18(7-9-21)16-31-23-12-13-29(26(33)19-10-14-30(34)15-11-19)17-22(23)24(28-31)25(32)27-20-4-2-3-5-20/h6-11,14-15,20H,2-5,12-13,16-17H2,1H3,(H,27,32). The van der Waals surface area contributed by atoms with Crippen LogP contribution in [0.2, 0.25) is 0 Å². The molecule has 2 amide bonds. The van der Waals surface area contributed by atoms with Crippen molar-refractivity contribution in [3.05, 3.63) is 82.1 Å². The molecule has 2 aromatic heterocycles. The predicted molar refractivity (Wildman–Crippen MR) is 128 cm³/mol. The average molecular weight is 476 g/mol. The Morgan fingerprint density at radius 3 is 2.54 bits per heavy atom. The lowest BCUT2D eigenvalue weighted by Crippen LogP contribution is -2.38. The van der Waals surface area contributed by atoms with Gasteiger partial charge in [0.15, 0.2) is 18.1 Å². The molecule has 9 heteroatoms. The lowest BCUT2D eigenvalue weighted by molar-refractivity contribution is -0.605. The van der Waals surface area contributed by atoms with Crippen LogP contribution in [0.5, 0.6) is 5.75 Å². The van der Waals surface area contributed by atoms with E-state index >= 15 is 0 Å². The fraction of sp³-hybridized carbons (Fsp3) is 0.385. The minimum atomic E-state index is -0.178. The quantitative estimate of drug-likeness (QED) is 0.436. The Balaban J connectivity index is 1.43. The zero-order valence-corrected chi connectivity index (χ0v) is 19.8. The molecule has 0 saturated heterocycles. The van der Waals surface area contributed by atoms with Gasteiger partial charge in [-0.05, 0) is 30.5 Å². The van der Waals surface area contributed by atoms with E-state index in [1.807, 2.05) is 28.9 Å². The summed E-state index contributed by atoms with van der Waals surface area (Å²) in [6.45, 7) is 1.34. The molecule has 0 unspecified atom stereocenters. The van der Waals surface area contributed by atoms with Gasteiger partial charge >= 0.3 is 0 Å². The van der Waals surface area contributed by atoms with Crippen molar-refractivity contribution in [3.8, 4) is 5.75 Å². The molecular weight excluding hydrogens is 446 g/mol. The van der Waals surface area contributed by atoms with E-state index in [0.717, 1.165) is 48.3 Å². The van der Waals surface area contributed by atoms with Crippen molar-refractivity contribution in [2.45, 2.75) is 51.2 Å². The van der Waals surface area contributed by atoms with E-state index in [-0.39, 0.29) is 17.9 Å². The lowest BCUT2D eigenvalue weighted by atomic mass is 10.0. The Labute approximate surface area is 203 Å². The van der Waals surface area contributed by atoms with Crippen LogP contribution in [0.4, 0.5) is 0 Å². The second-order valence-corrected chi connectivity index (χ2v) is 9.16. The zero-order chi connectivity index (χ0) is 24.4. The Hall–Kier alpha value is -3.88. The summed E-state index contributed by atoms with van der Waals surface area (Å²) in [5, 5.41) is 19.3. The maximum absolute atomic E-state index is 13.3. The number of carbonyl (C=O) groups is 2. The van der Waals surface area contributed by atoms with Crippen LogP contribution < -0.4 is 14.8 Å². The molecule has 2 aliphatic rings. The third-order valence-electron chi connectivity index (χ3n) is 6.87. The Kier molecular flexibility index (Phi) is 6.39. The first-order valence-electron chi connectivity index (χ1n) is 12.0. The zero-order valence-electron chi connectivity index (χ0n) is 19.8. The first kappa shape index (κ1) is 22.9. The number of aromatic nitrogens is 3. The van der Waals surface area contributed by atoms with Gasteiger partial charge in [0.1, 0.15) is 5.75 Å². The van der Waals surface area contributed by atoms with Gasteiger partial charge < -0.3 is 20.2 Å². The van der Waals surface area contributed by atoms with Crippen molar-refractivity contribution < 1.29 is 19.1 Å². The van der Waals surface area contributed by atoms with Crippen molar-refractivity contribution in [2.75, 3.05) is 13.7 Å². The van der Waals surface area contributed by atoms with Gasteiger partial charge in [-0.2, -0.15) is 9.83 Å². The molecule has 1 aliphatic carbocycles. The van der Waals surface area contributed by atoms with Crippen molar-refractivity contribution in [3.63, 3.8) is 0 Å². The van der Waals surface area contributed by atoms with E-state index in [2.05, 4.69) is 5.32 Å². The number of amides is 2. The molecule has 1 aromatic carbocycles. The number of hydrogen-bond acceptors (Lipinski definition) is 5. The van der Waals surface area contributed by atoms with Crippen LogP contribution in [-0.2, 0) is 19.5 Å². The molecule has 5 rings (SSSR count). The largest absolute Gasteiger partial charge is 0.619 e. The number of benzene rings is 1. The summed E-state index contributed by atoms with van der Waals surface area (Å²) < 4.78 is 7.80. The average Bonchev–Trinajstić information content (AvgIpc) is 3.52. The number of ether oxygens (including phenoxy) is 1. The van der Waals surface area contributed by atoms with Crippen molar-refractivity contribution in [1.29, 1.82) is 0 Å². The molecular formula is C26H29N5O4. The first-order valence-corrected chi connectivity index (χ1v) is 12.0. The fourth-order valence-corrected chi connectivity index (χ4v) is 4.94. The Morgan fingerprint density at radius 1 is 1.14 bits per heavy atom. The molecule has 9 nitrogen and oxygen atoms in total. The first-order chi connectivity index (χ1) is 17.0. The summed E-state index contributed by atoms with van der Waals surface area (Å²) in [5.74, 6) is 0.440. The van der Waals surface area contributed by atoms with E-state index in [4.69, 9.17) is 9.84 Å². The summed E-state index contributed by atoms with van der Waals surface area (Å²) in [4.78, 5) is 28.1. The second kappa shape index (κ2) is 9.77. The van der Waals surface area contributed by atoms with Gasteiger partial charge in [-0.3, -0.25) is 14.3 Å². The highest BCUT2D eigenvalue weighted by Crippen LogP contribution is 2.26. The van der Waals surface area contributed by atoms with Crippen LogP contribution in [-0.4, -0.2) is 46.2 Å². The van der Waals surface area contributed by atoms with Gasteiger partial charge in [-0.25, -0.2) is 0 Å². The highest BCUT2D eigenvalue weighted by Gasteiger charge is 2.31. The molecule has 35 heavy (non-hydrogen) atoms. The van der Waals surface area contributed by atoms with Crippen LogP contribution in [0.1, 0.15) is 63.4 Å². The van der Waals surface area contributed by atoms with E-state index in [1.165, 1.54) is 24.5 Å². The molecule has 0 bridgehead atoms. The molecule has 1 fully saturated rings. The lowest BCUT2D eigenvalue weighted by Gasteiger charge is -2.28. The summed E-state index contributed by atoms with van der Waals surface area (Å²) >= 11 is 0. The minimum Gasteiger partial charge on any atom is -0.619 e. The monoisotopic (exact) mass is 475 g/mol.